The first-order valence-electron chi connectivity index (χ1n) is 14.7. The van der Waals surface area contributed by atoms with Gasteiger partial charge in [-0.15, -0.1) is 0 Å². The van der Waals surface area contributed by atoms with Crippen molar-refractivity contribution in [2.24, 2.45) is 5.73 Å². The van der Waals surface area contributed by atoms with Crippen LogP contribution in [-0.4, -0.2) is 71.2 Å². The number of aromatic nitrogens is 1. The Morgan fingerprint density at radius 2 is 1.59 bits per heavy atom. The number of carbonyl (C=O) groups is 1. The molecule has 1 aliphatic carbocycles. The lowest BCUT2D eigenvalue weighted by Crippen LogP contribution is -2.46. The summed E-state index contributed by atoms with van der Waals surface area (Å²) >= 11 is 0. The van der Waals surface area contributed by atoms with Gasteiger partial charge in [0.25, 0.3) is 5.91 Å². The van der Waals surface area contributed by atoms with Crippen molar-refractivity contribution in [3.63, 3.8) is 0 Å². The van der Waals surface area contributed by atoms with E-state index in [0.717, 1.165) is 57.0 Å². The molecule has 1 aliphatic heterocycles. The van der Waals surface area contributed by atoms with Gasteiger partial charge in [-0.3, -0.25) is 14.6 Å². The van der Waals surface area contributed by atoms with E-state index in [1.165, 1.54) is 47.9 Å². The fraction of sp³-hybridized carbons (Fsp3) is 0.455. The van der Waals surface area contributed by atoms with E-state index >= 15 is 0 Å². The number of primary amides is 1. The minimum absolute atomic E-state index is 0.151. The minimum Gasteiger partial charge on any atom is -0.395 e. The molecule has 2 fully saturated rings. The molecule has 220 valence electrons. The summed E-state index contributed by atoms with van der Waals surface area (Å²) in [4.78, 5) is 20.2. The minimum atomic E-state index is -0.575. The zero-order valence-corrected chi connectivity index (χ0v) is 24.5. The third-order valence-corrected chi connectivity index (χ3v) is 8.12. The molecule has 0 spiro atoms. The molecule has 1 saturated heterocycles. The number of hydrogen-bond donors (Lipinski definition) is 3. The topological polar surface area (TPSA) is 118 Å². The molecule has 0 unspecified atom stereocenters. The van der Waals surface area contributed by atoms with Gasteiger partial charge in [-0.2, -0.15) is 0 Å². The molecule has 8 heteroatoms. The summed E-state index contributed by atoms with van der Waals surface area (Å²) in [6.45, 7) is 11.0. The Balaban J connectivity index is 0.000000218. The lowest BCUT2D eigenvalue weighted by atomic mass is 10.0. The highest BCUT2D eigenvalue weighted by Gasteiger charge is 2.17. The first kappa shape index (κ1) is 30.7. The zero-order chi connectivity index (χ0) is 29.2. The van der Waals surface area contributed by atoms with Crippen molar-refractivity contribution in [3.8, 4) is 11.1 Å². The van der Waals surface area contributed by atoms with Crippen LogP contribution < -0.4 is 11.5 Å². The molecule has 0 bridgehead atoms. The second-order valence-electron chi connectivity index (χ2n) is 11.2. The Hall–Kier alpha value is -3.30. The lowest BCUT2D eigenvalue weighted by Gasteiger charge is -2.34. The van der Waals surface area contributed by atoms with Crippen LogP contribution in [0, 0.1) is 13.8 Å². The Kier molecular flexibility index (Phi) is 11.3. The van der Waals surface area contributed by atoms with Gasteiger partial charge in [-0.05, 0) is 60.6 Å². The molecular formula is C33H45N5O3. The summed E-state index contributed by atoms with van der Waals surface area (Å²) in [7, 11) is 0. The van der Waals surface area contributed by atoms with Crippen molar-refractivity contribution in [2.75, 3.05) is 45.1 Å². The molecular weight excluding hydrogens is 514 g/mol. The van der Waals surface area contributed by atoms with E-state index in [1.54, 1.807) is 12.3 Å². The van der Waals surface area contributed by atoms with E-state index in [0.29, 0.717) is 6.10 Å². The second-order valence-corrected chi connectivity index (χ2v) is 11.2. The highest BCUT2D eigenvalue weighted by Crippen LogP contribution is 2.24. The number of amides is 1. The van der Waals surface area contributed by atoms with Gasteiger partial charge in [0.2, 0.25) is 0 Å². The van der Waals surface area contributed by atoms with Gasteiger partial charge >= 0.3 is 0 Å². The molecule has 2 heterocycles. The Labute approximate surface area is 244 Å². The monoisotopic (exact) mass is 559 g/mol. The summed E-state index contributed by atoms with van der Waals surface area (Å²) in [5, 5.41) is 9.01. The van der Waals surface area contributed by atoms with Gasteiger partial charge in [-0.1, -0.05) is 55.3 Å². The number of hydrogen-bond acceptors (Lipinski definition) is 7. The first-order valence-corrected chi connectivity index (χ1v) is 14.7. The molecule has 2 aromatic carbocycles. The Morgan fingerprint density at radius 3 is 2.22 bits per heavy atom. The van der Waals surface area contributed by atoms with E-state index in [4.69, 9.17) is 21.3 Å². The third kappa shape index (κ3) is 9.10. The molecule has 0 atom stereocenters. The Bertz CT molecular complexity index is 1270. The SMILES string of the molecule is Cc1ccc(COC2CCCC2)cc1C.NC(=O)c1cc(-c2ccc(CN3CCN(CCO)CC3)cc2)cnc1N. The number of aliphatic hydroxyl groups is 1. The highest BCUT2D eigenvalue weighted by molar-refractivity contribution is 5.98. The summed E-state index contributed by atoms with van der Waals surface area (Å²) in [5.74, 6) is -0.424. The van der Waals surface area contributed by atoms with Gasteiger partial charge in [-0.25, -0.2) is 4.98 Å². The molecule has 1 aromatic heterocycles. The number of carbonyl (C=O) groups excluding carboxylic acids is 1. The number of ether oxygens (including phenoxy) is 1. The average Bonchev–Trinajstić information content (AvgIpc) is 3.50. The normalized spacial score (nSPS) is 16.4. The maximum absolute atomic E-state index is 11.4. The second kappa shape index (κ2) is 15.1. The Morgan fingerprint density at radius 1 is 0.927 bits per heavy atom. The van der Waals surface area contributed by atoms with Gasteiger partial charge < -0.3 is 21.3 Å². The van der Waals surface area contributed by atoms with E-state index in [2.05, 4.69) is 59.0 Å². The molecule has 2 aliphatic rings. The number of β-amino-alcohol motifs (C(OH)–C–C–N with tert-alkyl or cyclic N) is 1. The maximum atomic E-state index is 11.4. The number of piperazine rings is 1. The van der Waals surface area contributed by atoms with Crippen LogP contribution in [-0.2, 0) is 17.9 Å². The van der Waals surface area contributed by atoms with Crippen molar-refractivity contribution in [2.45, 2.75) is 58.8 Å². The number of anilines is 1. The van der Waals surface area contributed by atoms with Crippen molar-refractivity contribution in [1.82, 2.24) is 14.8 Å². The van der Waals surface area contributed by atoms with Crippen LogP contribution >= 0.6 is 0 Å². The maximum Gasteiger partial charge on any atom is 0.252 e. The molecule has 0 radical (unpaired) electrons. The molecule has 5 N–H and O–H groups in total. The smallest absolute Gasteiger partial charge is 0.252 e. The van der Waals surface area contributed by atoms with Crippen LogP contribution in [0.25, 0.3) is 11.1 Å². The number of nitrogens with zero attached hydrogens (tertiary/aromatic N) is 3. The summed E-state index contributed by atoms with van der Waals surface area (Å²) in [5.41, 5.74) is 18.3. The number of aryl methyl sites for hydroxylation is 2. The van der Waals surface area contributed by atoms with Crippen LogP contribution in [0.15, 0.2) is 54.7 Å². The quantitative estimate of drug-likeness (QED) is 0.358. The predicted octanol–water partition coefficient (Wildman–Crippen LogP) is 4.30. The zero-order valence-electron chi connectivity index (χ0n) is 24.5. The number of nitrogens with two attached hydrogens (primary N) is 2. The van der Waals surface area contributed by atoms with Crippen LogP contribution in [0.1, 0.15) is 58.3 Å². The van der Waals surface area contributed by atoms with Crippen molar-refractivity contribution >= 4 is 11.7 Å². The number of benzene rings is 2. The fourth-order valence-corrected chi connectivity index (χ4v) is 5.37. The fourth-order valence-electron chi connectivity index (χ4n) is 5.37. The third-order valence-electron chi connectivity index (χ3n) is 8.12. The summed E-state index contributed by atoms with van der Waals surface area (Å²) < 4.78 is 5.88. The van der Waals surface area contributed by atoms with E-state index < -0.39 is 5.91 Å². The number of pyridine rings is 1. The van der Waals surface area contributed by atoms with Crippen molar-refractivity contribution < 1.29 is 14.6 Å². The van der Waals surface area contributed by atoms with Gasteiger partial charge in [0.15, 0.2) is 0 Å². The average molecular weight is 560 g/mol. The number of rotatable bonds is 9. The molecule has 8 nitrogen and oxygen atoms in total. The predicted molar refractivity (Wildman–Crippen MR) is 164 cm³/mol. The molecule has 41 heavy (non-hydrogen) atoms. The highest BCUT2D eigenvalue weighted by atomic mass is 16.5. The molecule has 5 rings (SSSR count). The van der Waals surface area contributed by atoms with E-state index in [9.17, 15) is 4.79 Å². The largest absolute Gasteiger partial charge is 0.395 e. The lowest BCUT2D eigenvalue weighted by molar-refractivity contribution is 0.0456. The standard InChI is InChI=1S/C19H25N5O2.C14H20O/c20-18-17(19(21)26)11-16(12-22-18)15-3-1-14(2-4-15)13-24-7-5-23(6-8-24)9-10-25;1-11-7-8-13(9-12(11)2)10-15-14-5-3-4-6-14/h1-4,11-12,25H,5-10,13H2,(H2,20,22)(H2,21,26);7-9,14H,3-6,10H2,1-2H3. The summed E-state index contributed by atoms with van der Waals surface area (Å²) in [6.07, 6.45) is 7.37. The van der Waals surface area contributed by atoms with Crippen LogP contribution in [0.4, 0.5) is 5.82 Å². The molecule has 3 aromatic rings. The molecule has 1 saturated carbocycles. The van der Waals surface area contributed by atoms with Crippen molar-refractivity contribution in [1.29, 1.82) is 0 Å². The van der Waals surface area contributed by atoms with Gasteiger partial charge in [0.1, 0.15) is 5.82 Å². The van der Waals surface area contributed by atoms with Crippen LogP contribution in [0.3, 0.4) is 0 Å². The summed E-state index contributed by atoms with van der Waals surface area (Å²) in [6, 6.07) is 16.5. The van der Waals surface area contributed by atoms with E-state index in [1.807, 2.05) is 12.1 Å². The van der Waals surface area contributed by atoms with Gasteiger partial charge in [0.05, 0.1) is 24.9 Å². The number of aliphatic hydroxyl groups excluding tert-OH is 1. The van der Waals surface area contributed by atoms with E-state index in [-0.39, 0.29) is 18.0 Å². The molecule has 1 amide bonds. The van der Waals surface area contributed by atoms with Crippen LogP contribution in [0.5, 0.6) is 0 Å². The first-order chi connectivity index (χ1) is 19.8. The number of nitrogen functional groups attached to an aromatic ring is 1. The van der Waals surface area contributed by atoms with Crippen LogP contribution in [0.2, 0.25) is 0 Å². The van der Waals surface area contributed by atoms with Crippen molar-refractivity contribution in [3.05, 3.63) is 82.5 Å². The van der Waals surface area contributed by atoms with Gasteiger partial charge in [0, 0.05) is 51.0 Å².